The fourth-order valence-corrected chi connectivity index (χ4v) is 3.70. The molecular weight excluding hydrogens is 470 g/mol. The van der Waals surface area contributed by atoms with Crippen LogP contribution in [0.15, 0.2) is 60.0 Å². The number of nitrogens with two attached hydrogens (primary N) is 2. The molecular formula is C25H34F2N6O3. The molecule has 36 heavy (non-hydrogen) atoms. The fourth-order valence-electron chi connectivity index (χ4n) is 3.70. The van der Waals surface area contributed by atoms with Crippen molar-refractivity contribution in [3.63, 3.8) is 0 Å². The number of hydrogen-bond acceptors (Lipinski definition) is 7. The maximum Gasteiger partial charge on any atom is 0.414 e. The van der Waals surface area contributed by atoms with E-state index in [2.05, 4.69) is 22.1 Å². The van der Waals surface area contributed by atoms with Crippen LogP contribution in [0.1, 0.15) is 25.3 Å². The van der Waals surface area contributed by atoms with Gasteiger partial charge >= 0.3 is 6.09 Å². The fraction of sp³-hybridized carbons (Fsp3) is 0.360. The largest absolute Gasteiger partial charge is 0.442 e. The van der Waals surface area contributed by atoms with E-state index in [1.165, 1.54) is 29.7 Å². The summed E-state index contributed by atoms with van der Waals surface area (Å²) in [6.45, 7) is 3.07. The lowest BCUT2D eigenvalue weighted by Gasteiger charge is -2.15. The number of carbonyl (C=O) groups is 2. The zero-order chi connectivity index (χ0) is 26.5. The summed E-state index contributed by atoms with van der Waals surface area (Å²) in [6, 6.07) is 4.71. The Hall–Kier alpha value is -3.70. The van der Waals surface area contributed by atoms with Crippen molar-refractivity contribution in [2.75, 3.05) is 38.3 Å². The van der Waals surface area contributed by atoms with E-state index in [-0.39, 0.29) is 19.0 Å². The monoisotopic (exact) mass is 504 g/mol. The zero-order valence-corrected chi connectivity index (χ0v) is 20.5. The van der Waals surface area contributed by atoms with Crippen LogP contribution in [0.4, 0.5) is 19.3 Å². The first-order valence-electron chi connectivity index (χ1n) is 11.4. The lowest BCUT2D eigenvalue weighted by Crippen LogP contribution is -2.33. The highest BCUT2D eigenvalue weighted by atomic mass is 19.1. The molecule has 1 unspecified atom stereocenters. The number of benzene rings is 1. The Bertz CT molecular complexity index is 1040. The Kier molecular flexibility index (Phi) is 11.6. The Morgan fingerprint density at radius 2 is 2.08 bits per heavy atom. The molecule has 2 aliphatic rings. The van der Waals surface area contributed by atoms with Crippen molar-refractivity contribution in [3.8, 4) is 0 Å². The molecule has 3 rings (SSSR count). The molecule has 0 bridgehead atoms. The van der Waals surface area contributed by atoms with E-state index < -0.39 is 18.0 Å². The topological polar surface area (TPSA) is 135 Å². The van der Waals surface area contributed by atoms with Gasteiger partial charge in [-0.1, -0.05) is 29.9 Å². The average Bonchev–Trinajstić information content (AvgIpc) is 3.23. The quantitative estimate of drug-likeness (QED) is 0.198. The van der Waals surface area contributed by atoms with E-state index in [9.17, 15) is 14.0 Å². The molecule has 9 nitrogen and oxygen atoms in total. The first-order chi connectivity index (χ1) is 17.4. The van der Waals surface area contributed by atoms with Crippen molar-refractivity contribution in [1.82, 2.24) is 16.1 Å². The van der Waals surface area contributed by atoms with E-state index in [0.29, 0.717) is 43.6 Å². The van der Waals surface area contributed by atoms with E-state index in [4.69, 9.17) is 16.3 Å². The average molecular weight is 505 g/mol. The number of hydrogen-bond donors (Lipinski definition) is 5. The lowest BCUT2D eigenvalue weighted by molar-refractivity contribution is -0.119. The third-order valence-electron chi connectivity index (χ3n) is 5.50. The van der Waals surface area contributed by atoms with Crippen molar-refractivity contribution in [1.29, 1.82) is 0 Å². The van der Waals surface area contributed by atoms with Gasteiger partial charge in [0.1, 0.15) is 11.9 Å². The van der Waals surface area contributed by atoms with Gasteiger partial charge in [-0.3, -0.25) is 19.9 Å². The first kappa shape index (κ1) is 28.5. The van der Waals surface area contributed by atoms with Crippen LogP contribution < -0.4 is 32.5 Å². The predicted octanol–water partition coefficient (Wildman–Crippen LogP) is 2.39. The predicted molar refractivity (Wildman–Crippen MR) is 137 cm³/mol. The van der Waals surface area contributed by atoms with Gasteiger partial charge in [0.05, 0.1) is 31.7 Å². The van der Waals surface area contributed by atoms with Crippen LogP contribution in [-0.2, 0) is 9.53 Å². The number of allylic oxidation sites excluding steroid dienone is 5. The van der Waals surface area contributed by atoms with E-state index in [1.54, 1.807) is 12.1 Å². The number of halogens is 2. The maximum absolute atomic E-state index is 15.0. The highest BCUT2D eigenvalue weighted by molar-refractivity contribution is 5.90. The number of anilines is 1. The summed E-state index contributed by atoms with van der Waals surface area (Å²) in [7, 11) is 0.500. The van der Waals surface area contributed by atoms with Crippen LogP contribution in [0.5, 0.6) is 0 Å². The molecule has 2 amide bonds. The third kappa shape index (κ3) is 8.21. The van der Waals surface area contributed by atoms with Gasteiger partial charge < -0.3 is 26.5 Å². The van der Waals surface area contributed by atoms with Crippen molar-refractivity contribution < 1.29 is 23.1 Å². The molecule has 0 saturated carbocycles. The zero-order valence-electron chi connectivity index (χ0n) is 20.5. The van der Waals surface area contributed by atoms with Gasteiger partial charge in [0.2, 0.25) is 5.91 Å². The summed E-state index contributed by atoms with van der Waals surface area (Å²) in [5, 5.41) is 5.90. The molecule has 0 aromatic heterocycles. The summed E-state index contributed by atoms with van der Waals surface area (Å²) in [5.41, 5.74) is 11.6. The van der Waals surface area contributed by atoms with Gasteiger partial charge in [-0.05, 0) is 36.6 Å². The van der Waals surface area contributed by atoms with Crippen LogP contribution in [0, 0.1) is 5.82 Å². The summed E-state index contributed by atoms with van der Waals surface area (Å²) >= 11 is 0. The van der Waals surface area contributed by atoms with E-state index in [1.807, 2.05) is 18.2 Å². The van der Waals surface area contributed by atoms with Crippen molar-refractivity contribution >= 4 is 23.3 Å². The molecule has 1 saturated heterocycles. The molecule has 1 aliphatic carbocycles. The van der Waals surface area contributed by atoms with Crippen LogP contribution in [0.2, 0.25) is 0 Å². The van der Waals surface area contributed by atoms with Gasteiger partial charge in [-0.25, -0.2) is 9.18 Å². The normalized spacial score (nSPS) is 20.0. The lowest BCUT2D eigenvalue weighted by atomic mass is 9.99. The second kappa shape index (κ2) is 14.6. The number of carbonyl (C=O) groups excluding carboxylic acids is 2. The first-order valence-corrected chi connectivity index (χ1v) is 11.4. The van der Waals surface area contributed by atoms with Gasteiger partial charge in [0, 0.05) is 31.8 Å². The molecule has 1 fully saturated rings. The molecule has 1 aliphatic heterocycles. The van der Waals surface area contributed by atoms with Crippen molar-refractivity contribution in [3.05, 3.63) is 71.4 Å². The van der Waals surface area contributed by atoms with Crippen molar-refractivity contribution in [2.24, 2.45) is 11.6 Å². The van der Waals surface area contributed by atoms with Gasteiger partial charge in [-0.2, -0.15) is 0 Å². The van der Waals surface area contributed by atoms with Gasteiger partial charge in [0.25, 0.3) is 0 Å². The number of cyclic esters (lactones) is 1. The Morgan fingerprint density at radius 1 is 1.31 bits per heavy atom. The molecule has 196 valence electrons. The number of alkyl halides is 1. The van der Waals surface area contributed by atoms with Crippen LogP contribution in [0.25, 0.3) is 5.57 Å². The van der Waals surface area contributed by atoms with E-state index >= 15 is 4.39 Å². The van der Waals surface area contributed by atoms with Crippen LogP contribution in [-0.4, -0.2) is 51.5 Å². The highest BCUT2D eigenvalue weighted by Gasteiger charge is 2.32. The Balaban J connectivity index is 0.00000222. The molecule has 0 radical (unpaired) electrons. The van der Waals surface area contributed by atoms with Gasteiger partial charge in [0.15, 0.2) is 0 Å². The minimum Gasteiger partial charge on any atom is -0.442 e. The minimum absolute atomic E-state index is 0.203. The maximum atomic E-state index is 15.0. The molecule has 0 spiro atoms. The van der Waals surface area contributed by atoms with Crippen LogP contribution in [0.3, 0.4) is 0 Å². The Labute approximate surface area is 209 Å². The van der Waals surface area contributed by atoms with Crippen molar-refractivity contribution in [2.45, 2.75) is 25.9 Å². The molecule has 1 aromatic rings. The number of ether oxygens (including phenoxy) is 1. The number of nitrogens with one attached hydrogen (secondary N) is 3. The number of amides is 2. The molecule has 7 N–H and O–H groups in total. The van der Waals surface area contributed by atoms with Gasteiger partial charge in [-0.15, -0.1) is 0 Å². The Morgan fingerprint density at radius 3 is 2.75 bits per heavy atom. The minimum atomic E-state index is -0.560. The smallest absolute Gasteiger partial charge is 0.414 e. The SMILES string of the molecule is CC(=O)NCC1CN(c2ccc(C3=CC/C=C(/CNC/C(=C/N)NN)C/C=C\3)c(F)c2)C(=O)O1.CF. The second-order valence-electron chi connectivity index (χ2n) is 8.02. The summed E-state index contributed by atoms with van der Waals surface area (Å²) in [4.78, 5) is 24.7. The summed E-state index contributed by atoms with van der Waals surface area (Å²) < 4.78 is 29.8. The molecule has 1 atom stereocenters. The number of rotatable bonds is 9. The standard InChI is InChI=1S/C24H31FN6O3.CH3F/c1-16(32)29-14-21-15-31(24(33)34-21)20-8-9-22(23(25)10-20)18-6-2-4-17(5-3-7-18)12-28-13-19(11-26)30-27;1-2/h2,5-11,21,28,30H,3-4,12-15,26-27H2,1H3,(H,29,32);1H3/b6-2-,17-5+,18-7?,19-11-;. The number of nitrogens with zero attached hydrogens (tertiary/aromatic N) is 1. The second-order valence-corrected chi connectivity index (χ2v) is 8.02. The third-order valence-corrected chi connectivity index (χ3v) is 5.50. The van der Waals surface area contributed by atoms with E-state index in [0.717, 1.165) is 12.0 Å². The van der Waals surface area contributed by atoms with Crippen LogP contribution >= 0.6 is 0 Å². The summed E-state index contributed by atoms with van der Waals surface area (Å²) in [5.74, 6) is 4.74. The molecule has 1 aromatic carbocycles. The summed E-state index contributed by atoms with van der Waals surface area (Å²) in [6.07, 6.45) is 9.76. The highest BCUT2D eigenvalue weighted by Crippen LogP contribution is 2.28. The molecule has 11 heteroatoms. The number of hydrazine groups is 1. The molecule has 1 heterocycles.